The molecule has 0 aromatic heterocycles. The molecule has 3 rings (SSSR count). The smallest absolute Gasteiger partial charge is 0.305 e. The number of rotatable bonds is 6. The van der Waals surface area contributed by atoms with E-state index in [-0.39, 0.29) is 5.97 Å². The number of carbonyl (C=O) groups excluding carboxylic acids is 1. The molecular formula is C21H31NO2. The first-order chi connectivity index (χ1) is 11.6. The summed E-state index contributed by atoms with van der Waals surface area (Å²) in [6.45, 7) is 2.29. The minimum Gasteiger partial charge on any atom is -0.469 e. The standard InChI is InChI=1S/C21H31NO2/c1-4-8-16-12-20-18(14-21(23)24-3)17(13-19(16)22(20)2)11-15-9-6-5-7-10-15/h5-7,9-10,16-20H,4,8,11-14H2,1-3H3/t16-,17-,18+,19+,20+/m0/s1. The highest BCUT2D eigenvalue weighted by molar-refractivity contribution is 5.69. The lowest BCUT2D eigenvalue weighted by Crippen LogP contribution is -2.48. The van der Waals surface area contributed by atoms with Gasteiger partial charge in [0, 0.05) is 12.1 Å². The van der Waals surface area contributed by atoms with Crippen LogP contribution in [0.15, 0.2) is 30.3 Å². The van der Waals surface area contributed by atoms with Crippen molar-refractivity contribution in [1.82, 2.24) is 4.90 Å². The molecule has 3 heteroatoms. The molecule has 0 aliphatic carbocycles. The van der Waals surface area contributed by atoms with Gasteiger partial charge >= 0.3 is 5.97 Å². The van der Waals surface area contributed by atoms with Crippen molar-refractivity contribution in [2.45, 2.75) is 57.5 Å². The fraction of sp³-hybridized carbons (Fsp3) is 0.667. The van der Waals surface area contributed by atoms with E-state index < -0.39 is 0 Å². The molecule has 0 amide bonds. The molecule has 5 atom stereocenters. The van der Waals surface area contributed by atoms with Gasteiger partial charge < -0.3 is 4.74 Å². The SMILES string of the molecule is CCC[C@H]1C[C@@H]2[C@H](CC(=O)OC)[C@@H](Cc3ccccc3)C[C@H]1N2C. The summed E-state index contributed by atoms with van der Waals surface area (Å²) >= 11 is 0. The first-order valence-corrected chi connectivity index (χ1v) is 9.46. The Hall–Kier alpha value is -1.35. The summed E-state index contributed by atoms with van der Waals surface area (Å²) in [6.07, 6.45) is 6.69. The summed E-state index contributed by atoms with van der Waals surface area (Å²) in [5.41, 5.74) is 1.40. The van der Waals surface area contributed by atoms with Crippen LogP contribution in [0, 0.1) is 17.8 Å². The van der Waals surface area contributed by atoms with E-state index in [1.54, 1.807) is 0 Å². The van der Waals surface area contributed by atoms with E-state index in [0.717, 1.165) is 12.3 Å². The Morgan fingerprint density at radius 1 is 1.17 bits per heavy atom. The minimum atomic E-state index is -0.0520. The Morgan fingerprint density at radius 3 is 2.54 bits per heavy atom. The van der Waals surface area contributed by atoms with Crippen molar-refractivity contribution < 1.29 is 9.53 Å². The zero-order chi connectivity index (χ0) is 17.1. The molecule has 2 aliphatic rings. The van der Waals surface area contributed by atoms with Crippen LogP contribution in [0.25, 0.3) is 0 Å². The highest BCUT2D eigenvalue weighted by Crippen LogP contribution is 2.48. The summed E-state index contributed by atoms with van der Waals surface area (Å²) in [4.78, 5) is 14.6. The molecule has 2 bridgehead atoms. The third-order valence-corrected chi connectivity index (χ3v) is 6.41. The van der Waals surface area contributed by atoms with Crippen molar-refractivity contribution >= 4 is 5.97 Å². The molecule has 24 heavy (non-hydrogen) atoms. The number of nitrogens with zero attached hydrogens (tertiary/aromatic N) is 1. The second-order valence-electron chi connectivity index (χ2n) is 7.71. The molecule has 2 saturated heterocycles. The van der Waals surface area contributed by atoms with Crippen LogP contribution in [-0.4, -0.2) is 37.1 Å². The van der Waals surface area contributed by atoms with Gasteiger partial charge in [0.05, 0.1) is 13.5 Å². The van der Waals surface area contributed by atoms with Gasteiger partial charge in [0.2, 0.25) is 0 Å². The molecular weight excluding hydrogens is 298 g/mol. The van der Waals surface area contributed by atoms with Crippen LogP contribution < -0.4 is 0 Å². The van der Waals surface area contributed by atoms with Gasteiger partial charge in [-0.2, -0.15) is 0 Å². The second kappa shape index (κ2) is 7.69. The molecule has 3 nitrogen and oxygen atoms in total. The number of piperidine rings is 1. The van der Waals surface area contributed by atoms with Crippen molar-refractivity contribution in [2.24, 2.45) is 17.8 Å². The van der Waals surface area contributed by atoms with Crippen molar-refractivity contribution in [2.75, 3.05) is 14.2 Å². The topological polar surface area (TPSA) is 29.5 Å². The average Bonchev–Trinajstić information content (AvgIpc) is 2.80. The summed E-state index contributed by atoms with van der Waals surface area (Å²) in [5.74, 6) is 1.75. The third kappa shape index (κ3) is 3.51. The van der Waals surface area contributed by atoms with Crippen molar-refractivity contribution in [3.05, 3.63) is 35.9 Å². The molecule has 0 unspecified atom stereocenters. The quantitative estimate of drug-likeness (QED) is 0.741. The van der Waals surface area contributed by atoms with Gasteiger partial charge in [-0.25, -0.2) is 0 Å². The molecule has 2 aliphatic heterocycles. The highest BCUT2D eigenvalue weighted by Gasteiger charge is 2.50. The highest BCUT2D eigenvalue weighted by atomic mass is 16.5. The van der Waals surface area contributed by atoms with Crippen LogP contribution in [0.4, 0.5) is 0 Å². The van der Waals surface area contributed by atoms with Crippen molar-refractivity contribution in [3.8, 4) is 0 Å². The molecule has 0 saturated carbocycles. The van der Waals surface area contributed by atoms with E-state index in [9.17, 15) is 4.79 Å². The lowest BCUT2D eigenvalue weighted by Gasteiger charge is -2.43. The molecule has 2 fully saturated rings. The van der Waals surface area contributed by atoms with Crippen molar-refractivity contribution in [1.29, 1.82) is 0 Å². The fourth-order valence-corrected chi connectivity index (χ4v) is 5.26. The number of carbonyl (C=O) groups is 1. The number of methoxy groups -OCH3 is 1. The number of ether oxygens (including phenoxy) is 1. The van der Waals surface area contributed by atoms with E-state index >= 15 is 0 Å². The number of benzene rings is 1. The van der Waals surface area contributed by atoms with E-state index in [2.05, 4.69) is 49.2 Å². The largest absolute Gasteiger partial charge is 0.469 e. The van der Waals surface area contributed by atoms with Crippen molar-refractivity contribution in [3.63, 3.8) is 0 Å². The minimum absolute atomic E-state index is 0.0520. The van der Waals surface area contributed by atoms with Crippen LogP contribution >= 0.6 is 0 Å². The molecule has 0 radical (unpaired) electrons. The third-order valence-electron chi connectivity index (χ3n) is 6.41. The lowest BCUT2D eigenvalue weighted by molar-refractivity contribution is -0.143. The fourth-order valence-electron chi connectivity index (χ4n) is 5.26. The van der Waals surface area contributed by atoms with E-state index in [4.69, 9.17) is 4.74 Å². The Bertz CT molecular complexity index is 544. The van der Waals surface area contributed by atoms with Gasteiger partial charge in [0.1, 0.15) is 0 Å². The molecule has 0 N–H and O–H groups in total. The van der Waals surface area contributed by atoms with Crippen LogP contribution in [0.5, 0.6) is 0 Å². The summed E-state index contributed by atoms with van der Waals surface area (Å²) in [5, 5.41) is 0. The van der Waals surface area contributed by atoms with Gasteiger partial charge in [-0.3, -0.25) is 9.69 Å². The number of hydrogen-bond acceptors (Lipinski definition) is 3. The zero-order valence-electron chi connectivity index (χ0n) is 15.3. The normalized spacial score (nSPS) is 32.7. The van der Waals surface area contributed by atoms with Gasteiger partial charge in [0.25, 0.3) is 0 Å². The van der Waals surface area contributed by atoms with Gasteiger partial charge in [-0.1, -0.05) is 43.7 Å². The summed E-state index contributed by atoms with van der Waals surface area (Å²) < 4.78 is 5.01. The average molecular weight is 329 g/mol. The van der Waals surface area contributed by atoms with Crippen LogP contribution in [0.2, 0.25) is 0 Å². The predicted molar refractivity (Wildman–Crippen MR) is 96.7 cm³/mol. The monoisotopic (exact) mass is 329 g/mol. The molecule has 0 spiro atoms. The van der Waals surface area contributed by atoms with Crippen LogP contribution in [0.1, 0.15) is 44.6 Å². The number of esters is 1. The second-order valence-corrected chi connectivity index (χ2v) is 7.71. The predicted octanol–water partition coefficient (Wildman–Crippen LogP) is 3.92. The summed E-state index contributed by atoms with van der Waals surface area (Å²) in [7, 11) is 3.78. The van der Waals surface area contributed by atoms with E-state index in [1.807, 2.05) is 0 Å². The molecule has 2 heterocycles. The van der Waals surface area contributed by atoms with Gasteiger partial charge in [0.15, 0.2) is 0 Å². The Kier molecular flexibility index (Phi) is 5.60. The molecule has 1 aromatic carbocycles. The number of fused-ring (bicyclic) bond motifs is 2. The van der Waals surface area contributed by atoms with Crippen LogP contribution in [0.3, 0.4) is 0 Å². The molecule has 1 aromatic rings. The maximum Gasteiger partial charge on any atom is 0.305 e. The van der Waals surface area contributed by atoms with Gasteiger partial charge in [-0.05, 0) is 56.0 Å². The first kappa shape index (κ1) is 17.5. The Labute approximate surface area is 146 Å². The maximum absolute atomic E-state index is 12.0. The van der Waals surface area contributed by atoms with E-state index in [1.165, 1.54) is 38.4 Å². The zero-order valence-corrected chi connectivity index (χ0v) is 15.3. The first-order valence-electron chi connectivity index (χ1n) is 9.46. The lowest BCUT2D eigenvalue weighted by atomic mass is 9.75. The van der Waals surface area contributed by atoms with Crippen LogP contribution in [-0.2, 0) is 16.0 Å². The Balaban J connectivity index is 1.81. The summed E-state index contributed by atoms with van der Waals surface area (Å²) in [6, 6.07) is 12.0. The Morgan fingerprint density at radius 2 is 1.88 bits per heavy atom. The number of hydrogen-bond donors (Lipinski definition) is 0. The molecule has 132 valence electrons. The van der Waals surface area contributed by atoms with E-state index in [0.29, 0.717) is 30.3 Å². The maximum atomic E-state index is 12.0. The van der Waals surface area contributed by atoms with Gasteiger partial charge in [-0.15, -0.1) is 0 Å².